The molecule has 1 aromatic carbocycles. The molecule has 1 amide bonds. The summed E-state index contributed by atoms with van der Waals surface area (Å²) in [4.78, 5) is 14.9. The second kappa shape index (κ2) is 15.7. The highest BCUT2D eigenvalue weighted by Crippen LogP contribution is 2.24. The van der Waals surface area contributed by atoms with Crippen molar-refractivity contribution in [3.8, 4) is 5.75 Å². The summed E-state index contributed by atoms with van der Waals surface area (Å²) in [5, 5.41) is 0. The summed E-state index contributed by atoms with van der Waals surface area (Å²) in [6.45, 7) is 15.0. The van der Waals surface area contributed by atoms with E-state index in [9.17, 15) is 4.79 Å². The van der Waals surface area contributed by atoms with E-state index in [0.717, 1.165) is 75.0 Å². The van der Waals surface area contributed by atoms with Gasteiger partial charge in [0.25, 0.3) is 5.91 Å². The molecule has 0 aliphatic carbocycles. The number of rotatable bonds is 15. The van der Waals surface area contributed by atoms with Crippen molar-refractivity contribution in [2.24, 2.45) is 0 Å². The van der Waals surface area contributed by atoms with Gasteiger partial charge in [0.2, 0.25) is 0 Å². The first-order valence-corrected chi connectivity index (χ1v) is 12.0. The summed E-state index contributed by atoms with van der Waals surface area (Å²) in [5.74, 6) is 1.82. The van der Waals surface area contributed by atoms with Crippen LogP contribution in [0.1, 0.15) is 83.3 Å². The quantitative estimate of drug-likeness (QED) is 0.275. The Kier molecular flexibility index (Phi) is 15.1. The molecule has 31 heavy (non-hydrogen) atoms. The zero-order valence-corrected chi connectivity index (χ0v) is 22.8. The molecule has 0 aromatic heterocycles. The number of ether oxygens (including phenoxy) is 1. The van der Waals surface area contributed by atoms with E-state index in [1.807, 2.05) is 0 Å². The van der Waals surface area contributed by atoms with Crippen LogP contribution in [-0.4, -0.2) is 62.2 Å². The van der Waals surface area contributed by atoms with Crippen LogP contribution < -0.4 is 21.7 Å². The molecule has 0 fully saturated rings. The molecule has 0 heterocycles. The number of halogens is 1. The number of unbranched alkanes of at least 4 members (excludes halogenated alkanes) is 3. The molecular weight excluding hydrogens is 452 g/mol. The fourth-order valence-corrected chi connectivity index (χ4v) is 3.56. The smallest absolute Gasteiger partial charge is 0.277 e. The lowest BCUT2D eigenvalue weighted by molar-refractivity contribution is -0.883. The van der Waals surface area contributed by atoms with Crippen LogP contribution >= 0.6 is 0 Å². The topological polar surface area (TPSA) is 29.5 Å². The van der Waals surface area contributed by atoms with Crippen LogP contribution in [0.5, 0.6) is 5.75 Å². The van der Waals surface area contributed by atoms with E-state index in [1.165, 1.54) is 11.1 Å². The third-order valence-corrected chi connectivity index (χ3v) is 5.77. The molecule has 5 heteroatoms. The minimum atomic E-state index is 0. The minimum absolute atomic E-state index is 0. The van der Waals surface area contributed by atoms with Crippen LogP contribution in [0.3, 0.4) is 0 Å². The summed E-state index contributed by atoms with van der Waals surface area (Å²) in [6, 6.07) is 6.52. The van der Waals surface area contributed by atoms with Gasteiger partial charge in [-0.05, 0) is 55.7 Å². The van der Waals surface area contributed by atoms with Gasteiger partial charge in [-0.3, -0.25) is 4.79 Å². The van der Waals surface area contributed by atoms with Gasteiger partial charge in [0, 0.05) is 13.1 Å². The molecular formula is C26H47BrN2O2. The third kappa shape index (κ3) is 11.9. The Morgan fingerprint density at radius 1 is 1.03 bits per heavy atom. The van der Waals surface area contributed by atoms with Crippen LogP contribution in [0.15, 0.2) is 18.2 Å². The molecule has 0 radical (unpaired) electrons. The van der Waals surface area contributed by atoms with E-state index < -0.39 is 0 Å². The molecule has 180 valence electrons. The maximum absolute atomic E-state index is 12.9. The predicted molar refractivity (Wildman–Crippen MR) is 128 cm³/mol. The van der Waals surface area contributed by atoms with E-state index in [1.54, 1.807) is 0 Å². The lowest BCUT2D eigenvalue weighted by Gasteiger charge is -2.32. The fraction of sp³-hybridized carbons (Fsp3) is 0.731. The molecule has 0 spiro atoms. The lowest BCUT2D eigenvalue weighted by atomic mass is 10.0. The number of quaternary nitrogens is 1. The number of hydrogen-bond donors (Lipinski definition) is 0. The zero-order chi connectivity index (χ0) is 22.6. The van der Waals surface area contributed by atoms with Crippen molar-refractivity contribution in [1.82, 2.24) is 4.90 Å². The van der Waals surface area contributed by atoms with Crippen LogP contribution in [0.4, 0.5) is 0 Å². The average Bonchev–Trinajstić information content (AvgIpc) is 2.68. The highest BCUT2D eigenvalue weighted by Gasteiger charge is 2.23. The van der Waals surface area contributed by atoms with E-state index >= 15 is 0 Å². The van der Waals surface area contributed by atoms with Crippen molar-refractivity contribution in [3.05, 3.63) is 29.3 Å². The van der Waals surface area contributed by atoms with Crippen molar-refractivity contribution >= 4 is 5.91 Å². The molecule has 1 aromatic rings. The van der Waals surface area contributed by atoms with E-state index in [2.05, 4.69) is 71.8 Å². The molecule has 0 unspecified atom stereocenters. The number of amides is 1. The second-order valence-corrected chi connectivity index (χ2v) is 9.64. The Balaban J connectivity index is 0.00000900. The Bertz CT molecular complexity index is 624. The zero-order valence-electron chi connectivity index (χ0n) is 21.2. The molecule has 0 N–H and O–H groups in total. The highest BCUT2D eigenvalue weighted by molar-refractivity contribution is 5.77. The van der Waals surface area contributed by atoms with Gasteiger partial charge in [-0.15, -0.1) is 0 Å². The van der Waals surface area contributed by atoms with Gasteiger partial charge >= 0.3 is 0 Å². The molecule has 0 bridgehead atoms. The summed E-state index contributed by atoms with van der Waals surface area (Å²) in [7, 11) is 4.35. The van der Waals surface area contributed by atoms with Crippen molar-refractivity contribution in [3.63, 3.8) is 0 Å². The number of benzene rings is 1. The summed E-state index contributed by atoms with van der Waals surface area (Å²) in [6.07, 6.45) is 6.53. The number of hydrogen-bond acceptors (Lipinski definition) is 2. The summed E-state index contributed by atoms with van der Waals surface area (Å²) in [5.41, 5.74) is 2.52. The first kappa shape index (κ1) is 29.9. The second-order valence-electron chi connectivity index (χ2n) is 9.64. The average molecular weight is 500 g/mol. The van der Waals surface area contributed by atoms with Gasteiger partial charge in [0.15, 0.2) is 6.54 Å². The third-order valence-electron chi connectivity index (χ3n) is 5.77. The molecule has 0 aliphatic heterocycles. The number of likely N-dealkylation sites (N-methyl/N-ethyl adjacent to an activating group) is 1. The first-order valence-electron chi connectivity index (χ1n) is 12.0. The lowest BCUT2D eigenvalue weighted by Crippen LogP contribution is -3.00. The van der Waals surface area contributed by atoms with Gasteiger partial charge in [0.05, 0.1) is 27.2 Å². The molecule has 0 saturated carbocycles. The van der Waals surface area contributed by atoms with Gasteiger partial charge in [-0.1, -0.05) is 52.7 Å². The predicted octanol–water partition coefficient (Wildman–Crippen LogP) is 2.79. The van der Waals surface area contributed by atoms with Crippen molar-refractivity contribution < 1.29 is 31.0 Å². The van der Waals surface area contributed by atoms with Gasteiger partial charge in [-0.25, -0.2) is 0 Å². The van der Waals surface area contributed by atoms with E-state index in [0.29, 0.717) is 18.4 Å². The Morgan fingerprint density at radius 2 is 1.65 bits per heavy atom. The van der Waals surface area contributed by atoms with Gasteiger partial charge in [-0.2, -0.15) is 0 Å². The number of aryl methyl sites for hydroxylation is 1. The fourth-order valence-electron chi connectivity index (χ4n) is 3.56. The van der Waals surface area contributed by atoms with Gasteiger partial charge in [0.1, 0.15) is 5.75 Å². The van der Waals surface area contributed by atoms with Crippen LogP contribution in [0, 0.1) is 6.92 Å². The Morgan fingerprint density at radius 3 is 2.19 bits per heavy atom. The van der Waals surface area contributed by atoms with Crippen LogP contribution in [0.25, 0.3) is 0 Å². The summed E-state index contributed by atoms with van der Waals surface area (Å²) < 4.78 is 6.81. The monoisotopic (exact) mass is 498 g/mol. The number of nitrogens with zero attached hydrogens (tertiary/aromatic N) is 2. The van der Waals surface area contributed by atoms with E-state index in [4.69, 9.17) is 4.74 Å². The first-order chi connectivity index (χ1) is 14.2. The van der Waals surface area contributed by atoms with Crippen molar-refractivity contribution in [2.45, 2.75) is 79.1 Å². The maximum Gasteiger partial charge on any atom is 0.277 e. The largest absolute Gasteiger partial charge is 1.00 e. The standard InChI is InChI=1S/C26H47N2O2.BrH/c1-8-10-16-27(17-11-9-2)26(29)21-28(6,7)18-12-13-19-30-25-20-24(22(3)4)15-14-23(25)5;/h14-15,20,22H,8-13,16-19,21H2,1-7H3;1H/q+1;/p-1. The van der Waals surface area contributed by atoms with Crippen molar-refractivity contribution in [2.75, 3.05) is 46.9 Å². The number of carbonyl (C=O) groups is 1. The van der Waals surface area contributed by atoms with Crippen LogP contribution in [-0.2, 0) is 4.79 Å². The molecule has 0 aliphatic rings. The highest BCUT2D eigenvalue weighted by atomic mass is 79.9. The normalized spacial score (nSPS) is 11.4. The molecule has 4 nitrogen and oxygen atoms in total. The van der Waals surface area contributed by atoms with Crippen LogP contribution in [0.2, 0.25) is 0 Å². The minimum Gasteiger partial charge on any atom is -1.00 e. The SMILES string of the molecule is CCCCN(CCCC)C(=O)C[N+](C)(C)CCCCOc1cc(C(C)C)ccc1C.[Br-]. The molecule has 0 saturated heterocycles. The maximum atomic E-state index is 12.9. The molecule has 0 atom stereocenters. The molecule has 1 rings (SSSR count). The Hall–Kier alpha value is -1.07. The summed E-state index contributed by atoms with van der Waals surface area (Å²) >= 11 is 0. The van der Waals surface area contributed by atoms with Crippen molar-refractivity contribution in [1.29, 1.82) is 0 Å². The number of carbonyl (C=O) groups excluding carboxylic acids is 1. The Labute approximate surface area is 202 Å². The van der Waals surface area contributed by atoms with Gasteiger partial charge < -0.3 is 31.1 Å². The van der Waals surface area contributed by atoms with E-state index in [-0.39, 0.29) is 17.0 Å².